The van der Waals surface area contributed by atoms with Gasteiger partial charge < -0.3 is 0 Å². The van der Waals surface area contributed by atoms with Gasteiger partial charge in [0.15, 0.2) is 0 Å². The van der Waals surface area contributed by atoms with Crippen LogP contribution < -0.4 is 0 Å². The fraction of sp³-hybridized carbons (Fsp3) is 0.0833. The second kappa shape index (κ2) is 4.18. The minimum Gasteiger partial charge on any atom is -0.227 e. The fourth-order valence-corrected chi connectivity index (χ4v) is 1.61. The van der Waals surface area contributed by atoms with Gasteiger partial charge in [0.2, 0.25) is 5.95 Å². The number of rotatable bonds is 1. The van der Waals surface area contributed by atoms with Crippen LogP contribution in [0, 0.1) is 18.7 Å². The molecule has 0 amide bonds. The van der Waals surface area contributed by atoms with Crippen molar-refractivity contribution in [1.29, 1.82) is 0 Å². The van der Waals surface area contributed by atoms with Crippen molar-refractivity contribution in [3.05, 3.63) is 52.8 Å². The summed E-state index contributed by atoms with van der Waals surface area (Å²) < 4.78 is 26.6. The lowest BCUT2D eigenvalue weighted by molar-refractivity contribution is 0.574. The number of hydrogen-bond donors (Lipinski definition) is 0. The van der Waals surface area contributed by atoms with Gasteiger partial charge in [-0.15, -0.1) is 0 Å². The van der Waals surface area contributed by atoms with Gasteiger partial charge in [-0.2, -0.15) is 4.39 Å². The molecule has 0 N–H and O–H groups in total. The standard InChI is InChI=1S/C12H8ClF2N/c1-7-5-8(6-16-12(7)15)9-3-2-4-10(13)11(9)14/h2-6H,1H3. The second-order valence-electron chi connectivity index (χ2n) is 3.43. The Morgan fingerprint density at radius 1 is 1.25 bits per heavy atom. The van der Waals surface area contributed by atoms with Gasteiger partial charge in [0.05, 0.1) is 5.02 Å². The van der Waals surface area contributed by atoms with Crippen LogP contribution in [0.2, 0.25) is 5.02 Å². The zero-order valence-electron chi connectivity index (χ0n) is 8.47. The van der Waals surface area contributed by atoms with Gasteiger partial charge in [-0.25, -0.2) is 9.37 Å². The Labute approximate surface area is 96.7 Å². The van der Waals surface area contributed by atoms with E-state index in [1.54, 1.807) is 19.1 Å². The minimum atomic E-state index is -0.550. The molecule has 1 aromatic heterocycles. The Morgan fingerprint density at radius 3 is 2.69 bits per heavy atom. The van der Waals surface area contributed by atoms with Crippen molar-refractivity contribution >= 4 is 11.6 Å². The molecular weight excluding hydrogens is 232 g/mol. The SMILES string of the molecule is Cc1cc(-c2cccc(Cl)c2F)cnc1F. The van der Waals surface area contributed by atoms with Crippen molar-refractivity contribution in [2.75, 3.05) is 0 Å². The van der Waals surface area contributed by atoms with Gasteiger partial charge in [0, 0.05) is 22.9 Å². The highest BCUT2D eigenvalue weighted by Crippen LogP contribution is 2.27. The van der Waals surface area contributed by atoms with E-state index < -0.39 is 11.8 Å². The quantitative estimate of drug-likeness (QED) is 0.686. The van der Waals surface area contributed by atoms with E-state index in [2.05, 4.69) is 4.98 Å². The highest BCUT2D eigenvalue weighted by Gasteiger charge is 2.10. The molecule has 0 saturated heterocycles. The van der Waals surface area contributed by atoms with Crippen LogP contribution in [0.5, 0.6) is 0 Å². The normalized spacial score (nSPS) is 10.5. The number of aromatic nitrogens is 1. The van der Waals surface area contributed by atoms with Crippen molar-refractivity contribution in [1.82, 2.24) is 4.98 Å². The molecule has 4 heteroatoms. The van der Waals surface area contributed by atoms with Crippen molar-refractivity contribution in [2.45, 2.75) is 6.92 Å². The highest BCUT2D eigenvalue weighted by molar-refractivity contribution is 6.31. The topological polar surface area (TPSA) is 12.9 Å². The van der Waals surface area contributed by atoms with Gasteiger partial charge in [-0.05, 0) is 19.1 Å². The molecule has 0 aliphatic heterocycles. The molecule has 0 saturated carbocycles. The maximum Gasteiger partial charge on any atom is 0.215 e. The molecule has 0 bridgehead atoms. The Hall–Kier alpha value is -1.48. The molecule has 1 heterocycles. The lowest BCUT2D eigenvalue weighted by Gasteiger charge is -2.05. The summed E-state index contributed by atoms with van der Waals surface area (Å²) >= 11 is 5.67. The lowest BCUT2D eigenvalue weighted by atomic mass is 10.1. The first-order valence-electron chi connectivity index (χ1n) is 4.66. The number of nitrogens with zero attached hydrogens (tertiary/aromatic N) is 1. The van der Waals surface area contributed by atoms with E-state index in [0.717, 1.165) is 0 Å². The highest BCUT2D eigenvalue weighted by atomic mass is 35.5. The van der Waals surface area contributed by atoms with Gasteiger partial charge in [0.1, 0.15) is 5.82 Å². The second-order valence-corrected chi connectivity index (χ2v) is 3.84. The van der Waals surface area contributed by atoms with Gasteiger partial charge >= 0.3 is 0 Å². The third-order valence-electron chi connectivity index (χ3n) is 2.28. The summed E-state index contributed by atoms with van der Waals surface area (Å²) in [6.45, 7) is 1.58. The summed E-state index contributed by atoms with van der Waals surface area (Å²) in [6.07, 6.45) is 1.29. The van der Waals surface area contributed by atoms with Crippen LogP contribution in [0.3, 0.4) is 0 Å². The molecule has 0 aliphatic carbocycles. The van der Waals surface area contributed by atoms with E-state index >= 15 is 0 Å². The fourth-order valence-electron chi connectivity index (χ4n) is 1.43. The van der Waals surface area contributed by atoms with Gasteiger partial charge in [0.25, 0.3) is 0 Å². The van der Waals surface area contributed by atoms with Crippen molar-refractivity contribution in [3.8, 4) is 11.1 Å². The number of hydrogen-bond acceptors (Lipinski definition) is 1. The number of benzene rings is 1. The zero-order valence-corrected chi connectivity index (χ0v) is 9.22. The van der Waals surface area contributed by atoms with E-state index in [0.29, 0.717) is 16.7 Å². The summed E-state index contributed by atoms with van der Waals surface area (Å²) in [5.74, 6) is -1.07. The lowest BCUT2D eigenvalue weighted by Crippen LogP contribution is -1.91. The van der Waals surface area contributed by atoms with Crippen LogP contribution in [-0.2, 0) is 0 Å². The molecule has 2 aromatic rings. The molecule has 0 spiro atoms. The minimum absolute atomic E-state index is 0.0412. The first-order chi connectivity index (χ1) is 7.59. The van der Waals surface area contributed by atoms with Crippen LogP contribution in [0.15, 0.2) is 30.5 Å². The molecular formula is C12H8ClF2N. The Morgan fingerprint density at radius 2 is 2.00 bits per heavy atom. The van der Waals surface area contributed by atoms with Crippen LogP contribution in [0.25, 0.3) is 11.1 Å². The molecule has 0 radical (unpaired) electrons. The molecule has 0 unspecified atom stereocenters. The Balaban J connectivity index is 2.59. The van der Waals surface area contributed by atoms with E-state index in [-0.39, 0.29) is 5.02 Å². The molecule has 0 aliphatic rings. The third-order valence-corrected chi connectivity index (χ3v) is 2.57. The first-order valence-corrected chi connectivity index (χ1v) is 5.04. The van der Waals surface area contributed by atoms with Gasteiger partial charge in [-0.3, -0.25) is 0 Å². The van der Waals surface area contributed by atoms with E-state index in [9.17, 15) is 8.78 Å². The molecule has 2 rings (SSSR count). The predicted octanol–water partition coefficient (Wildman–Crippen LogP) is 3.99. The van der Waals surface area contributed by atoms with Crippen molar-refractivity contribution in [3.63, 3.8) is 0 Å². The van der Waals surface area contributed by atoms with E-state index in [4.69, 9.17) is 11.6 Å². The summed E-state index contributed by atoms with van der Waals surface area (Å²) in [6, 6.07) is 6.22. The molecule has 1 aromatic carbocycles. The van der Waals surface area contributed by atoms with Crippen LogP contribution in [0.4, 0.5) is 8.78 Å². The summed E-state index contributed by atoms with van der Waals surface area (Å²) in [4.78, 5) is 3.55. The summed E-state index contributed by atoms with van der Waals surface area (Å²) in [5.41, 5.74) is 1.21. The van der Waals surface area contributed by atoms with Crippen molar-refractivity contribution in [2.24, 2.45) is 0 Å². The maximum atomic E-state index is 13.7. The number of halogens is 3. The maximum absolute atomic E-state index is 13.7. The number of aryl methyl sites for hydroxylation is 1. The number of pyridine rings is 1. The van der Waals surface area contributed by atoms with Crippen LogP contribution in [-0.4, -0.2) is 4.98 Å². The van der Waals surface area contributed by atoms with Crippen LogP contribution >= 0.6 is 11.6 Å². The zero-order chi connectivity index (χ0) is 11.7. The van der Waals surface area contributed by atoms with Crippen molar-refractivity contribution < 1.29 is 8.78 Å². The molecule has 0 fully saturated rings. The summed E-state index contributed by atoms with van der Waals surface area (Å²) in [7, 11) is 0. The predicted molar refractivity (Wildman–Crippen MR) is 59.3 cm³/mol. The Kier molecular flexibility index (Phi) is 2.88. The summed E-state index contributed by atoms with van der Waals surface area (Å²) in [5, 5.41) is 0.0412. The van der Waals surface area contributed by atoms with E-state index in [1.807, 2.05) is 0 Å². The average Bonchev–Trinajstić information content (AvgIpc) is 2.26. The van der Waals surface area contributed by atoms with Crippen LogP contribution in [0.1, 0.15) is 5.56 Å². The third kappa shape index (κ3) is 1.91. The smallest absolute Gasteiger partial charge is 0.215 e. The first kappa shape index (κ1) is 11.0. The average molecular weight is 240 g/mol. The van der Waals surface area contributed by atoms with E-state index in [1.165, 1.54) is 18.3 Å². The molecule has 1 nitrogen and oxygen atoms in total. The monoisotopic (exact) mass is 239 g/mol. The molecule has 0 atom stereocenters. The molecule has 16 heavy (non-hydrogen) atoms. The van der Waals surface area contributed by atoms with Gasteiger partial charge in [-0.1, -0.05) is 23.7 Å². The largest absolute Gasteiger partial charge is 0.227 e. The molecule has 82 valence electrons. The Bertz CT molecular complexity index is 541.